The van der Waals surface area contributed by atoms with Gasteiger partial charge in [-0.1, -0.05) is 0 Å². The number of hydrogen-bond donors (Lipinski definition) is 2. The Morgan fingerprint density at radius 2 is 2.00 bits per heavy atom. The molecule has 1 amide bonds. The van der Waals surface area contributed by atoms with Gasteiger partial charge in [0.1, 0.15) is 11.6 Å². The molecule has 0 aliphatic rings. The van der Waals surface area contributed by atoms with Crippen LogP contribution in [0.4, 0.5) is 8.78 Å². The number of benzene rings is 1. The third-order valence-corrected chi connectivity index (χ3v) is 1.81. The highest BCUT2D eigenvalue weighted by molar-refractivity contribution is 7.80. The van der Waals surface area contributed by atoms with Gasteiger partial charge in [-0.05, 0) is 24.4 Å². The second-order valence-electron chi connectivity index (χ2n) is 2.64. The van der Waals surface area contributed by atoms with Gasteiger partial charge in [0, 0.05) is 6.07 Å². The fourth-order valence-electron chi connectivity index (χ4n) is 0.893. The summed E-state index contributed by atoms with van der Waals surface area (Å²) in [4.78, 5) is 11.4. The number of hydrogen-bond acceptors (Lipinski definition) is 3. The van der Waals surface area contributed by atoms with Crippen molar-refractivity contribution in [1.82, 2.24) is 5.01 Å². The average Bonchev–Trinajstić information content (AvgIpc) is 2.15. The van der Waals surface area contributed by atoms with E-state index < -0.39 is 28.2 Å². The maximum Gasteiger partial charge on any atom is 0.277 e. The van der Waals surface area contributed by atoms with Crippen LogP contribution in [0.3, 0.4) is 0 Å². The van der Waals surface area contributed by atoms with Crippen molar-refractivity contribution in [1.29, 1.82) is 0 Å². The van der Waals surface area contributed by atoms with Crippen LogP contribution in [0.25, 0.3) is 0 Å². The van der Waals surface area contributed by atoms with Gasteiger partial charge in [-0.3, -0.25) is 4.79 Å². The predicted octanol–water partition coefficient (Wildman–Crippen LogP) is 0.524. The van der Waals surface area contributed by atoms with Crippen molar-refractivity contribution in [3.05, 3.63) is 35.4 Å². The van der Waals surface area contributed by atoms with Crippen LogP contribution >= 0.6 is 12.2 Å². The van der Waals surface area contributed by atoms with Crippen molar-refractivity contribution >= 4 is 23.2 Å². The largest absolute Gasteiger partial charge is 0.375 e. The van der Waals surface area contributed by atoms with Gasteiger partial charge >= 0.3 is 0 Å². The Kier molecular flexibility index (Phi) is 3.28. The van der Waals surface area contributed by atoms with Crippen LogP contribution in [0.1, 0.15) is 10.4 Å². The van der Waals surface area contributed by atoms with Crippen LogP contribution in [-0.4, -0.2) is 16.0 Å². The molecule has 80 valence electrons. The Balaban J connectivity index is 3.07. The van der Waals surface area contributed by atoms with E-state index >= 15 is 0 Å². The highest BCUT2D eigenvalue weighted by Gasteiger charge is 2.18. The average molecular weight is 231 g/mol. The molecule has 7 heteroatoms. The minimum Gasteiger partial charge on any atom is -0.375 e. The van der Waals surface area contributed by atoms with E-state index in [1.54, 1.807) is 0 Å². The minimum absolute atomic E-state index is 0.397. The molecule has 0 atom stereocenters. The molecular weight excluding hydrogens is 224 g/mol. The third kappa shape index (κ3) is 2.45. The first-order valence-corrected chi connectivity index (χ1v) is 4.18. The molecule has 0 spiro atoms. The number of amides is 1. The summed E-state index contributed by atoms with van der Waals surface area (Å²) >= 11 is 4.42. The van der Waals surface area contributed by atoms with E-state index in [1.165, 1.54) is 0 Å². The van der Waals surface area contributed by atoms with Gasteiger partial charge in [0.2, 0.25) is 0 Å². The molecule has 1 aromatic rings. The van der Waals surface area contributed by atoms with Gasteiger partial charge in [0.25, 0.3) is 5.91 Å². The summed E-state index contributed by atoms with van der Waals surface area (Å²) < 4.78 is 25.6. The quantitative estimate of drug-likeness (QED) is 0.320. The summed E-state index contributed by atoms with van der Waals surface area (Å²) in [5.41, 5.74) is 4.67. The number of hydrazine groups is 1. The molecule has 1 rings (SSSR count). The normalized spacial score (nSPS) is 9.80. The van der Waals surface area contributed by atoms with Crippen molar-refractivity contribution in [3.8, 4) is 0 Å². The van der Waals surface area contributed by atoms with Gasteiger partial charge in [-0.2, -0.15) is 0 Å². The molecule has 0 aliphatic heterocycles. The van der Waals surface area contributed by atoms with E-state index in [4.69, 9.17) is 11.6 Å². The predicted molar refractivity (Wildman–Crippen MR) is 53.5 cm³/mol. The number of carbonyl (C=O) groups is 1. The van der Waals surface area contributed by atoms with Crippen LogP contribution < -0.4 is 11.6 Å². The maximum atomic E-state index is 13.1. The molecular formula is C8H7F2N3OS. The van der Waals surface area contributed by atoms with Crippen LogP contribution in [-0.2, 0) is 0 Å². The van der Waals surface area contributed by atoms with E-state index in [0.717, 1.165) is 12.1 Å². The molecule has 1 aromatic carbocycles. The lowest BCUT2D eigenvalue weighted by atomic mass is 10.2. The lowest BCUT2D eigenvalue weighted by Crippen LogP contribution is -2.45. The summed E-state index contributed by atoms with van der Waals surface area (Å²) in [6, 6.07) is 2.47. The van der Waals surface area contributed by atoms with Gasteiger partial charge in [0.15, 0.2) is 5.11 Å². The Bertz CT molecular complexity index is 424. The number of thiocarbonyl (C=S) groups is 1. The topological polar surface area (TPSA) is 72.3 Å². The molecule has 15 heavy (non-hydrogen) atoms. The molecule has 4 N–H and O–H groups in total. The fourth-order valence-corrected chi connectivity index (χ4v) is 0.976. The van der Waals surface area contributed by atoms with Gasteiger partial charge in [-0.25, -0.2) is 19.6 Å². The summed E-state index contributed by atoms with van der Waals surface area (Å²) in [6.45, 7) is 0. The zero-order valence-corrected chi connectivity index (χ0v) is 8.22. The third-order valence-electron chi connectivity index (χ3n) is 1.62. The number of rotatable bonds is 1. The maximum absolute atomic E-state index is 13.1. The molecule has 0 aliphatic carbocycles. The summed E-state index contributed by atoms with van der Waals surface area (Å²) in [7, 11) is 0. The van der Waals surface area contributed by atoms with E-state index in [2.05, 4.69) is 12.2 Å². The first-order chi connectivity index (χ1) is 6.93. The lowest BCUT2D eigenvalue weighted by Gasteiger charge is -2.14. The Morgan fingerprint density at radius 1 is 1.40 bits per heavy atom. The lowest BCUT2D eigenvalue weighted by molar-refractivity contribution is 0.0844. The van der Waals surface area contributed by atoms with Crippen LogP contribution in [0.2, 0.25) is 0 Å². The smallest absolute Gasteiger partial charge is 0.277 e. The van der Waals surface area contributed by atoms with Crippen molar-refractivity contribution in [2.75, 3.05) is 0 Å². The molecule has 4 nitrogen and oxygen atoms in total. The second kappa shape index (κ2) is 4.28. The van der Waals surface area contributed by atoms with Crippen LogP contribution in [0.15, 0.2) is 18.2 Å². The van der Waals surface area contributed by atoms with Crippen molar-refractivity contribution in [2.24, 2.45) is 11.6 Å². The molecule has 0 bridgehead atoms. The molecule has 0 aromatic heterocycles. The second-order valence-corrected chi connectivity index (χ2v) is 3.06. The van der Waals surface area contributed by atoms with Crippen LogP contribution in [0, 0.1) is 11.6 Å². The van der Waals surface area contributed by atoms with E-state index in [1.807, 2.05) is 0 Å². The molecule has 0 heterocycles. The summed E-state index contributed by atoms with van der Waals surface area (Å²) in [6.07, 6.45) is 0. The van der Waals surface area contributed by atoms with Crippen LogP contribution in [0.5, 0.6) is 0 Å². The number of nitrogens with zero attached hydrogens (tertiary/aromatic N) is 1. The Hall–Kier alpha value is -1.60. The molecule has 0 radical (unpaired) electrons. The Morgan fingerprint density at radius 3 is 2.47 bits per heavy atom. The fraction of sp³-hybridized carbons (Fsp3) is 0. The zero-order valence-electron chi connectivity index (χ0n) is 7.41. The zero-order chi connectivity index (χ0) is 11.6. The Labute approximate surface area is 89.4 Å². The standard InChI is InChI=1S/C8H7F2N3OS/c9-4-1-2-5(6(10)3-4)7(14)13(12)8(11)15/h1-3H,12H2,(H2,11,15). The van der Waals surface area contributed by atoms with E-state index in [-0.39, 0.29) is 0 Å². The van der Waals surface area contributed by atoms with Gasteiger partial charge < -0.3 is 5.73 Å². The van der Waals surface area contributed by atoms with Gasteiger partial charge in [-0.15, -0.1) is 0 Å². The SMILES string of the molecule is NC(=S)N(N)C(=O)c1ccc(F)cc1F. The monoisotopic (exact) mass is 231 g/mol. The summed E-state index contributed by atoms with van der Waals surface area (Å²) in [5, 5.41) is 0.00906. The number of nitrogens with two attached hydrogens (primary N) is 2. The number of carbonyl (C=O) groups excluding carboxylic acids is 1. The first kappa shape index (κ1) is 11.5. The van der Waals surface area contributed by atoms with Crippen molar-refractivity contribution in [3.63, 3.8) is 0 Å². The molecule has 0 unspecified atom stereocenters. The van der Waals surface area contributed by atoms with E-state index in [0.29, 0.717) is 11.1 Å². The van der Waals surface area contributed by atoms with E-state index in [9.17, 15) is 13.6 Å². The van der Waals surface area contributed by atoms with Gasteiger partial charge in [0.05, 0.1) is 5.56 Å². The molecule has 0 fully saturated rings. The minimum atomic E-state index is -1.02. The van der Waals surface area contributed by atoms with Crippen molar-refractivity contribution < 1.29 is 13.6 Å². The highest BCUT2D eigenvalue weighted by atomic mass is 32.1. The number of halogens is 2. The molecule has 0 saturated carbocycles. The first-order valence-electron chi connectivity index (χ1n) is 3.77. The highest BCUT2D eigenvalue weighted by Crippen LogP contribution is 2.10. The molecule has 0 saturated heterocycles. The summed E-state index contributed by atoms with van der Waals surface area (Å²) in [5.74, 6) is 2.42. The van der Waals surface area contributed by atoms with Crippen molar-refractivity contribution in [2.45, 2.75) is 0 Å².